The number of aryl methyl sites for hydroxylation is 1. The van der Waals surface area contributed by atoms with Crippen LogP contribution in [0, 0.1) is 18.3 Å². The molecule has 0 aliphatic rings. The van der Waals surface area contributed by atoms with Crippen molar-refractivity contribution < 1.29 is 5.11 Å². The van der Waals surface area contributed by atoms with Crippen LogP contribution in [0.15, 0.2) is 60.7 Å². The van der Waals surface area contributed by atoms with Crippen LogP contribution in [0.3, 0.4) is 0 Å². The number of hydrogen-bond donors (Lipinski definition) is 1. The van der Waals surface area contributed by atoms with Crippen molar-refractivity contribution in [3.05, 3.63) is 77.4 Å². The van der Waals surface area contributed by atoms with E-state index < -0.39 is 0 Å². The van der Waals surface area contributed by atoms with E-state index in [0.717, 1.165) is 27.5 Å². The summed E-state index contributed by atoms with van der Waals surface area (Å²) >= 11 is 0. The Kier molecular flexibility index (Phi) is 3.64. The number of nitriles is 1. The van der Waals surface area contributed by atoms with Gasteiger partial charge in [-0.2, -0.15) is 5.26 Å². The lowest BCUT2D eigenvalue weighted by atomic mass is 9.99. The van der Waals surface area contributed by atoms with Gasteiger partial charge in [0.2, 0.25) is 0 Å². The SMILES string of the molecule is Cc1ccc(/C(C#N)=C/c2cccc3ccccc23)cc1O. The van der Waals surface area contributed by atoms with E-state index >= 15 is 0 Å². The van der Waals surface area contributed by atoms with Gasteiger partial charge in [-0.1, -0.05) is 54.6 Å². The maximum Gasteiger partial charge on any atom is 0.119 e. The number of rotatable bonds is 2. The molecular formula is C20H15NO. The van der Waals surface area contributed by atoms with Crippen LogP contribution >= 0.6 is 0 Å². The number of benzene rings is 3. The molecule has 0 spiro atoms. The van der Waals surface area contributed by atoms with Crippen LogP contribution in [-0.4, -0.2) is 5.11 Å². The van der Waals surface area contributed by atoms with Crippen LogP contribution in [0.2, 0.25) is 0 Å². The standard InChI is InChI=1S/C20H15NO/c1-14-9-10-16(12-20(14)22)18(13-21)11-17-7-4-6-15-5-2-3-8-19(15)17/h2-12,22H,1H3/b18-11+. The molecule has 0 saturated heterocycles. The van der Waals surface area contributed by atoms with Gasteiger partial charge in [0, 0.05) is 0 Å². The predicted molar refractivity (Wildman–Crippen MR) is 90.3 cm³/mol. The van der Waals surface area contributed by atoms with E-state index in [2.05, 4.69) is 18.2 Å². The molecule has 22 heavy (non-hydrogen) atoms. The third kappa shape index (κ3) is 2.57. The summed E-state index contributed by atoms with van der Waals surface area (Å²) in [6, 6.07) is 21.7. The molecule has 0 fully saturated rings. The number of nitrogens with zero attached hydrogens (tertiary/aromatic N) is 1. The molecule has 0 aliphatic carbocycles. The highest BCUT2D eigenvalue weighted by molar-refractivity contribution is 5.98. The second kappa shape index (κ2) is 5.75. The molecule has 0 radical (unpaired) electrons. The first-order valence-corrected chi connectivity index (χ1v) is 7.08. The van der Waals surface area contributed by atoms with Crippen molar-refractivity contribution >= 4 is 22.4 Å². The molecule has 3 rings (SSSR count). The first-order chi connectivity index (χ1) is 10.7. The van der Waals surface area contributed by atoms with Crippen LogP contribution in [0.25, 0.3) is 22.4 Å². The van der Waals surface area contributed by atoms with Crippen LogP contribution in [0.4, 0.5) is 0 Å². The molecule has 0 heterocycles. The Morgan fingerprint density at radius 3 is 2.59 bits per heavy atom. The van der Waals surface area contributed by atoms with Gasteiger partial charge in [0.15, 0.2) is 0 Å². The van der Waals surface area contributed by atoms with Gasteiger partial charge in [0.05, 0.1) is 11.6 Å². The summed E-state index contributed by atoms with van der Waals surface area (Å²) in [6.07, 6.45) is 1.87. The molecule has 0 atom stereocenters. The number of fused-ring (bicyclic) bond motifs is 1. The second-order valence-electron chi connectivity index (χ2n) is 5.24. The van der Waals surface area contributed by atoms with Gasteiger partial charge in [0.1, 0.15) is 5.75 Å². The minimum Gasteiger partial charge on any atom is -0.508 e. The normalized spacial score (nSPS) is 11.4. The average molecular weight is 285 g/mol. The van der Waals surface area contributed by atoms with Gasteiger partial charge < -0.3 is 5.11 Å². The van der Waals surface area contributed by atoms with Gasteiger partial charge in [-0.25, -0.2) is 0 Å². The zero-order chi connectivity index (χ0) is 15.5. The maximum atomic E-state index is 9.85. The molecule has 106 valence electrons. The summed E-state index contributed by atoms with van der Waals surface area (Å²) in [4.78, 5) is 0. The predicted octanol–water partition coefficient (Wildman–Crippen LogP) is 4.92. The highest BCUT2D eigenvalue weighted by Gasteiger charge is 2.05. The van der Waals surface area contributed by atoms with Crippen molar-refractivity contribution in [3.63, 3.8) is 0 Å². The Morgan fingerprint density at radius 1 is 1.05 bits per heavy atom. The van der Waals surface area contributed by atoms with Crippen molar-refractivity contribution in [1.82, 2.24) is 0 Å². The molecule has 0 unspecified atom stereocenters. The summed E-state index contributed by atoms with van der Waals surface area (Å²) in [7, 11) is 0. The third-order valence-corrected chi connectivity index (χ3v) is 3.76. The molecule has 2 heteroatoms. The lowest BCUT2D eigenvalue weighted by molar-refractivity contribution is 0.471. The molecule has 0 aliphatic heterocycles. The monoisotopic (exact) mass is 285 g/mol. The van der Waals surface area contributed by atoms with Gasteiger partial charge >= 0.3 is 0 Å². The smallest absolute Gasteiger partial charge is 0.119 e. The second-order valence-corrected chi connectivity index (χ2v) is 5.24. The summed E-state index contributed by atoms with van der Waals surface area (Å²) in [6.45, 7) is 1.83. The van der Waals surface area contributed by atoms with Gasteiger partial charge in [0.25, 0.3) is 0 Å². The molecule has 0 bridgehead atoms. The number of phenolic OH excluding ortho intramolecular Hbond substituents is 1. The molecule has 0 saturated carbocycles. The van der Waals surface area contributed by atoms with Crippen LogP contribution < -0.4 is 0 Å². The summed E-state index contributed by atoms with van der Waals surface area (Å²) in [5.41, 5.74) is 3.05. The fraction of sp³-hybridized carbons (Fsp3) is 0.0500. The fourth-order valence-electron chi connectivity index (χ4n) is 2.49. The van der Waals surface area contributed by atoms with E-state index in [0.29, 0.717) is 5.57 Å². The summed E-state index contributed by atoms with van der Waals surface area (Å²) < 4.78 is 0. The quantitative estimate of drug-likeness (QED) is 0.536. The van der Waals surface area contributed by atoms with E-state index in [4.69, 9.17) is 0 Å². The van der Waals surface area contributed by atoms with Crippen molar-refractivity contribution in [2.24, 2.45) is 0 Å². The molecule has 0 amide bonds. The third-order valence-electron chi connectivity index (χ3n) is 3.76. The van der Waals surface area contributed by atoms with Gasteiger partial charge in [-0.05, 0) is 46.5 Å². The number of aromatic hydroxyl groups is 1. The van der Waals surface area contributed by atoms with Crippen LogP contribution in [0.5, 0.6) is 5.75 Å². The average Bonchev–Trinajstić information content (AvgIpc) is 2.55. The molecule has 1 N–H and O–H groups in total. The summed E-state index contributed by atoms with van der Waals surface area (Å²) in [5.74, 6) is 0.205. The Bertz CT molecular complexity index is 911. The first-order valence-electron chi connectivity index (χ1n) is 7.08. The van der Waals surface area contributed by atoms with Crippen LogP contribution in [-0.2, 0) is 0 Å². The Morgan fingerprint density at radius 2 is 1.82 bits per heavy atom. The summed E-state index contributed by atoms with van der Waals surface area (Å²) in [5, 5.41) is 21.6. The number of hydrogen-bond acceptors (Lipinski definition) is 2. The van der Waals surface area contributed by atoms with Crippen molar-refractivity contribution in [3.8, 4) is 11.8 Å². The lowest BCUT2D eigenvalue weighted by Crippen LogP contribution is -1.85. The van der Waals surface area contributed by atoms with Gasteiger partial charge in [-0.3, -0.25) is 0 Å². The molecule has 0 aromatic heterocycles. The van der Waals surface area contributed by atoms with Crippen molar-refractivity contribution in [1.29, 1.82) is 5.26 Å². The number of phenols is 1. The fourth-order valence-corrected chi connectivity index (χ4v) is 2.49. The Labute approximate surface area is 129 Å². The maximum absolute atomic E-state index is 9.85. The minimum absolute atomic E-state index is 0.205. The van der Waals surface area contributed by atoms with E-state index in [1.165, 1.54) is 0 Å². The van der Waals surface area contributed by atoms with E-state index in [1.54, 1.807) is 6.07 Å². The zero-order valence-corrected chi connectivity index (χ0v) is 12.2. The largest absolute Gasteiger partial charge is 0.508 e. The van der Waals surface area contributed by atoms with Crippen molar-refractivity contribution in [2.45, 2.75) is 6.92 Å². The lowest BCUT2D eigenvalue weighted by Gasteiger charge is -2.05. The Balaban J connectivity index is 2.15. The van der Waals surface area contributed by atoms with Gasteiger partial charge in [-0.15, -0.1) is 0 Å². The van der Waals surface area contributed by atoms with E-state index in [9.17, 15) is 10.4 Å². The molecule has 3 aromatic rings. The molecule has 3 aromatic carbocycles. The molecule has 2 nitrogen and oxygen atoms in total. The highest BCUT2D eigenvalue weighted by atomic mass is 16.3. The first kappa shape index (κ1) is 13.9. The number of allylic oxidation sites excluding steroid dienone is 1. The highest BCUT2D eigenvalue weighted by Crippen LogP contribution is 2.26. The topological polar surface area (TPSA) is 44.0 Å². The zero-order valence-electron chi connectivity index (χ0n) is 12.2. The molecular weight excluding hydrogens is 270 g/mol. The Hall–Kier alpha value is -3.05. The van der Waals surface area contributed by atoms with E-state index in [-0.39, 0.29) is 5.75 Å². The van der Waals surface area contributed by atoms with Crippen molar-refractivity contribution in [2.75, 3.05) is 0 Å². The minimum atomic E-state index is 0.205. The van der Waals surface area contributed by atoms with E-state index in [1.807, 2.05) is 55.5 Å². The van der Waals surface area contributed by atoms with Crippen LogP contribution in [0.1, 0.15) is 16.7 Å².